The third-order valence-corrected chi connectivity index (χ3v) is 9.79. The maximum Gasteiger partial charge on any atom is 0.282 e. The van der Waals surface area contributed by atoms with E-state index in [0.717, 1.165) is 16.3 Å². The number of thiophene rings is 1. The van der Waals surface area contributed by atoms with E-state index >= 15 is 0 Å². The van der Waals surface area contributed by atoms with E-state index in [1.54, 1.807) is 19.4 Å². The lowest BCUT2D eigenvalue weighted by Crippen LogP contribution is -2.43. The molecule has 0 bridgehead atoms. The number of fused-ring (bicyclic) bond motifs is 2. The van der Waals surface area contributed by atoms with Crippen molar-refractivity contribution in [1.29, 1.82) is 5.26 Å². The Labute approximate surface area is 237 Å². The van der Waals surface area contributed by atoms with Crippen LogP contribution in [0.4, 0.5) is 8.78 Å². The molecule has 5 heterocycles. The maximum absolute atomic E-state index is 14.7. The minimum absolute atomic E-state index is 0.0986. The summed E-state index contributed by atoms with van der Waals surface area (Å²) in [5.74, 6) is 0.239. The highest BCUT2D eigenvalue weighted by molar-refractivity contribution is 7.13. The van der Waals surface area contributed by atoms with Crippen LogP contribution in [0, 0.1) is 18.3 Å². The molecule has 0 aromatic carbocycles. The summed E-state index contributed by atoms with van der Waals surface area (Å²) in [6.45, 7) is 11.6. The molecule has 212 valence electrons. The van der Waals surface area contributed by atoms with E-state index in [0.29, 0.717) is 34.0 Å². The predicted molar refractivity (Wildman–Crippen MR) is 154 cm³/mol. The lowest BCUT2D eigenvalue weighted by Gasteiger charge is -2.32. The summed E-state index contributed by atoms with van der Waals surface area (Å²) < 4.78 is 50.6. The molecule has 0 fully saturated rings. The number of alkyl halides is 2. The van der Waals surface area contributed by atoms with Gasteiger partial charge >= 0.3 is 0 Å². The molecule has 5 rings (SSSR count). The number of aryl methyl sites for hydroxylation is 1. The molecule has 0 spiro atoms. The molecule has 0 saturated heterocycles. The monoisotopic (exact) mass is 585 g/mol. The standard InChI is InChI=1S/C28H33F2N5O3SSi/c1-17-12-19(20(13-31)39-17)21-18-8-7-9-32-26(18)34(16-37-10-11-40(4,5)6)24(21)22-23(25(29)30)33-35-14-28(2,36-3)15-38-27(22)35/h7-9,12,25H,10-11,14-16H2,1-6H3/t28-/m0/s1. The van der Waals surface area contributed by atoms with Crippen molar-refractivity contribution in [2.24, 2.45) is 0 Å². The van der Waals surface area contributed by atoms with Crippen molar-refractivity contribution in [3.05, 3.63) is 39.8 Å². The largest absolute Gasteiger partial charge is 0.474 e. The normalized spacial score (nSPS) is 17.3. The zero-order valence-electron chi connectivity index (χ0n) is 23.5. The average Bonchev–Trinajstić information content (AvgIpc) is 3.56. The number of aromatic nitrogens is 4. The molecule has 12 heteroatoms. The second-order valence-corrected chi connectivity index (χ2v) is 18.4. The smallest absolute Gasteiger partial charge is 0.282 e. The summed E-state index contributed by atoms with van der Waals surface area (Å²) in [6.07, 6.45) is -1.20. The molecule has 40 heavy (non-hydrogen) atoms. The summed E-state index contributed by atoms with van der Waals surface area (Å²) >= 11 is 1.36. The van der Waals surface area contributed by atoms with Gasteiger partial charge in [-0.2, -0.15) is 10.4 Å². The summed E-state index contributed by atoms with van der Waals surface area (Å²) in [5, 5.41) is 15.1. The van der Waals surface area contributed by atoms with E-state index in [9.17, 15) is 14.0 Å². The Morgan fingerprint density at radius 2 is 2.08 bits per heavy atom. The predicted octanol–water partition coefficient (Wildman–Crippen LogP) is 6.86. The number of hydrogen-bond acceptors (Lipinski definition) is 7. The van der Waals surface area contributed by atoms with Crippen molar-refractivity contribution >= 4 is 30.4 Å². The van der Waals surface area contributed by atoms with Crippen molar-refractivity contribution in [2.75, 3.05) is 20.3 Å². The lowest BCUT2D eigenvalue weighted by atomic mass is 9.98. The third kappa shape index (κ3) is 5.19. The molecule has 1 atom stereocenters. The number of nitrogens with zero attached hydrogens (tertiary/aromatic N) is 5. The number of nitriles is 1. The second kappa shape index (κ2) is 10.7. The van der Waals surface area contributed by atoms with Gasteiger partial charge in [-0.05, 0) is 38.1 Å². The molecule has 0 N–H and O–H groups in total. The van der Waals surface area contributed by atoms with Crippen molar-refractivity contribution in [1.82, 2.24) is 19.3 Å². The lowest BCUT2D eigenvalue weighted by molar-refractivity contribution is -0.0644. The fourth-order valence-corrected chi connectivity index (χ4v) is 6.52. The van der Waals surface area contributed by atoms with Gasteiger partial charge in [-0.25, -0.2) is 18.4 Å². The first-order chi connectivity index (χ1) is 19.0. The van der Waals surface area contributed by atoms with Crippen LogP contribution in [0.2, 0.25) is 25.7 Å². The van der Waals surface area contributed by atoms with Crippen LogP contribution >= 0.6 is 11.3 Å². The summed E-state index contributed by atoms with van der Waals surface area (Å²) in [7, 11) is 0.201. The highest BCUT2D eigenvalue weighted by Gasteiger charge is 2.39. The Kier molecular flexibility index (Phi) is 7.60. The first kappa shape index (κ1) is 28.4. The van der Waals surface area contributed by atoms with Gasteiger partial charge in [-0.15, -0.1) is 11.3 Å². The van der Waals surface area contributed by atoms with Crippen LogP contribution in [0.5, 0.6) is 5.88 Å². The Morgan fingerprint density at radius 3 is 2.75 bits per heavy atom. The second-order valence-electron chi connectivity index (χ2n) is 11.6. The molecule has 4 aromatic rings. The van der Waals surface area contributed by atoms with Gasteiger partial charge in [-0.3, -0.25) is 0 Å². The minimum atomic E-state index is -2.87. The zero-order chi connectivity index (χ0) is 28.8. The quantitative estimate of drug-likeness (QED) is 0.158. The molecule has 0 radical (unpaired) electrons. The van der Waals surface area contributed by atoms with Crippen LogP contribution in [0.15, 0.2) is 24.4 Å². The van der Waals surface area contributed by atoms with Crippen molar-refractivity contribution in [3.63, 3.8) is 0 Å². The van der Waals surface area contributed by atoms with E-state index in [1.165, 1.54) is 16.0 Å². The summed E-state index contributed by atoms with van der Waals surface area (Å²) in [5.41, 5.74) is 1.40. The third-order valence-electron chi connectivity index (χ3n) is 7.13. The molecule has 4 aromatic heterocycles. The van der Waals surface area contributed by atoms with E-state index in [-0.39, 0.29) is 31.3 Å². The van der Waals surface area contributed by atoms with Gasteiger partial charge in [0.15, 0.2) is 0 Å². The number of hydrogen-bond donors (Lipinski definition) is 0. The van der Waals surface area contributed by atoms with Crippen LogP contribution in [-0.4, -0.2) is 53.3 Å². The van der Waals surface area contributed by atoms with Crippen LogP contribution in [0.25, 0.3) is 33.4 Å². The van der Waals surface area contributed by atoms with Crippen molar-refractivity contribution < 1.29 is 23.0 Å². The highest BCUT2D eigenvalue weighted by atomic mass is 32.1. The summed E-state index contributed by atoms with van der Waals surface area (Å²) in [4.78, 5) is 6.08. The number of rotatable bonds is 9. The fraction of sp³-hybridized carbons (Fsp3) is 0.464. The van der Waals surface area contributed by atoms with E-state index in [4.69, 9.17) is 14.2 Å². The molecule has 0 amide bonds. The Bertz CT molecular complexity index is 1600. The van der Waals surface area contributed by atoms with Crippen LogP contribution in [-0.2, 0) is 22.7 Å². The number of ether oxygens (including phenoxy) is 3. The van der Waals surface area contributed by atoms with Gasteiger partial charge in [-0.1, -0.05) is 19.6 Å². The molecule has 0 unspecified atom stereocenters. The molecule has 0 saturated carbocycles. The van der Waals surface area contributed by atoms with E-state index < -0.39 is 25.8 Å². The highest BCUT2D eigenvalue weighted by Crippen LogP contribution is 2.49. The Hall–Kier alpha value is -3.11. The first-order valence-corrected chi connectivity index (χ1v) is 17.6. The molecule has 8 nitrogen and oxygen atoms in total. The summed E-state index contributed by atoms with van der Waals surface area (Å²) in [6, 6.07) is 8.87. The SMILES string of the molecule is CO[C@]1(C)COc2c(-c3c(-c4cc(C)sc4C#N)c4cccnc4n3COCC[Si](C)(C)C)c(C(F)F)nn2C1. The van der Waals surface area contributed by atoms with Crippen LogP contribution in [0.1, 0.15) is 28.8 Å². The molecule has 1 aliphatic heterocycles. The zero-order valence-corrected chi connectivity index (χ0v) is 25.4. The van der Waals surface area contributed by atoms with Gasteiger partial charge in [0.05, 0.1) is 17.8 Å². The molecular weight excluding hydrogens is 552 g/mol. The first-order valence-electron chi connectivity index (χ1n) is 13.1. The number of pyridine rings is 1. The van der Waals surface area contributed by atoms with Gasteiger partial charge in [0.2, 0.25) is 5.88 Å². The van der Waals surface area contributed by atoms with Gasteiger partial charge < -0.3 is 18.8 Å². The minimum Gasteiger partial charge on any atom is -0.474 e. The van der Waals surface area contributed by atoms with Gasteiger partial charge in [0.1, 0.15) is 41.2 Å². The van der Waals surface area contributed by atoms with Crippen molar-refractivity contribution in [2.45, 2.75) is 64.8 Å². The number of halogens is 2. The maximum atomic E-state index is 14.7. The number of methoxy groups -OCH3 is 1. The van der Waals surface area contributed by atoms with E-state index in [2.05, 4.69) is 35.8 Å². The average molecular weight is 586 g/mol. The molecule has 0 aliphatic carbocycles. The van der Waals surface area contributed by atoms with Gasteiger partial charge in [0.25, 0.3) is 6.43 Å². The molecular formula is C28H33F2N5O3SSi. The van der Waals surface area contributed by atoms with Gasteiger partial charge in [0, 0.05) is 49.4 Å². The van der Waals surface area contributed by atoms with Crippen LogP contribution < -0.4 is 4.74 Å². The molecule has 1 aliphatic rings. The topological polar surface area (TPSA) is 87.1 Å². The fourth-order valence-electron chi connectivity index (χ4n) is 4.95. The Balaban J connectivity index is 1.80. The van der Waals surface area contributed by atoms with Crippen LogP contribution in [0.3, 0.4) is 0 Å². The Morgan fingerprint density at radius 1 is 1.30 bits per heavy atom. The van der Waals surface area contributed by atoms with Crippen molar-refractivity contribution in [3.8, 4) is 34.3 Å². The van der Waals surface area contributed by atoms with E-state index in [1.807, 2.05) is 30.5 Å².